The summed E-state index contributed by atoms with van der Waals surface area (Å²) in [6.07, 6.45) is -0.278. The van der Waals surface area contributed by atoms with E-state index in [0.717, 1.165) is 16.7 Å². The molecule has 4 atom stereocenters. The number of cyclic esters (lactones) is 1. The van der Waals surface area contributed by atoms with Gasteiger partial charge in [-0.25, -0.2) is 0 Å². The van der Waals surface area contributed by atoms with E-state index in [1.54, 1.807) is 21.3 Å². The molecule has 1 aliphatic carbocycles. The molecule has 5 rings (SSSR count). The maximum Gasteiger partial charge on any atom is 0.310 e. The summed E-state index contributed by atoms with van der Waals surface area (Å²) in [6, 6.07) is 7.72. The molecule has 8 nitrogen and oxygen atoms in total. The van der Waals surface area contributed by atoms with E-state index in [-0.39, 0.29) is 30.7 Å². The Hall–Kier alpha value is -3.13. The van der Waals surface area contributed by atoms with Crippen molar-refractivity contribution in [3.63, 3.8) is 0 Å². The Balaban J connectivity index is 1.74. The van der Waals surface area contributed by atoms with Gasteiger partial charge in [0, 0.05) is 18.4 Å². The molecule has 0 aromatic heterocycles. The third-order valence-electron chi connectivity index (χ3n) is 6.51. The fourth-order valence-electron chi connectivity index (χ4n) is 5.19. The molecule has 0 saturated carbocycles. The Morgan fingerprint density at radius 1 is 0.906 bits per heavy atom. The van der Waals surface area contributed by atoms with Crippen molar-refractivity contribution in [3.05, 3.63) is 41.0 Å². The molecule has 3 aliphatic rings. The molecule has 0 bridgehead atoms. The SMILES string of the molecule is CCO[C@H]1c2cc3c(cc2[C@@H](c2cc(OC)c(OC)c(OC)c2)[C@@H]2C(=O)OC[C@@H]21)OCO3. The molecule has 0 unspecified atom stereocenters. The monoisotopic (exact) mass is 442 g/mol. The number of ether oxygens (including phenoxy) is 7. The highest BCUT2D eigenvalue weighted by atomic mass is 16.7. The van der Waals surface area contributed by atoms with Crippen molar-refractivity contribution in [3.8, 4) is 28.7 Å². The second-order valence-corrected chi connectivity index (χ2v) is 7.97. The summed E-state index contributed by atoms with van der Waals surface area (Å²) in [7, 11) is 4.71. The van der Waals surface area contributed by atoms with Gasteiger partial charge in [-0.15, -0.1) is 0 Å². The topological polar surface area (TPSA) is 81.7 Å². The van der Waals surface area contributed by atoms with Crippen molar-refractivity contribution >= 4 is 5.97 Å². The van der Waals surface area contributed by atoms with E-state index in [2.05, 4.69) is 0 Å². The fraction of sp³-hybridized carbons (Fsp3) is 0.458. The molecular weight excluding hydrogens is 416 g/mol. The maximum absolute atomic E-state index is 13.0. The number of hydrogen-bond donors (Lipinski definition) is 0. The maximum atomic E-state index is 13.0. The molecule has 2 aliphatic heterocycles. The fourth-order valence-corrected chi connectivity index (χ4v) is 5.19. The normalized spacial score (nSPS) is 25.1. The lowest BCUT2D eigenvalue weighted by molar-refractivity contribution is -0.141. The molecule has 170 valence electrons. The summed E-state index contributed by atoms with van der Waals surface area (Å²) in [4.78, 5) is 13.0. The Morgan fingerprint density at radius 3 is 2.16 bits per heavy atom. The van der Waals surface area contributed by atoms with Gasteiger partial charge in [0.1, 0.15) is 0 Å². The Bertz CT molecular complexity index is 1020. The van der Waals surface area contributed by atoms with Crippen LogP contribution in [0.4, 0.5) is 0 Å². The first-order valence-corrected chi connectivity index (χ1v) is 10.6. The highest BCUT2D eigenvalue weighted by Gasteiger charge is 2.53. The number of hydrogen-bond acceptors (Lipinski definition) is 8. The van der Waals surface area contributed by atoms with Crippen molar-refractivity contribution < 1.29 is 38.0 Å². The molecule has 2 aromatic rings. The minimum absolute atomic E-state index is 0.126. The molecule has 1 saturated heterocycles. The van der Waals surface area contributed by atoms with Crippen molar-refractivity contribution in [1.82, 2.24) is 0 Å². The number of methoxy groups -OCH3 is 3. The number of benzene rings is 2. The third kappa shape index (κ3) is 3.04. The number of esters is 1. The summed E-state index contributed by atoms with van der Waals surface area (Å²) in [5, 5.41) is 0. The number of rotatable bonds is 6. The second kappa shape index (κ2) is 8.09. The lowest BCUT2D eigenvalue weighted by Crippen LogP contribution is -2.35. The van der Waals surface area contributed by atoms with Crippen LogP contribution in [0.15, 0.2) is 24.3 Å². The van der Waals surface area contributed by atoms with Crippen LogP contribution in [0, 0.1) is 11.8 Å². The summed E-state index contributed by atoms with van der Waals surface area (Å²) < 4.78 is 39.6. The van der Waals surface area contributed by atoms with E-state index in [0.29, 0.717) is 42.0 Å². The number of carbonyl (C=O) groups is 1. The van der Waals surface area contributed by atoms with E-state index in [4.69, 9.17) is 33.2 Å². The molecule has 8 heteroatoms. The highest BCUT2D eigenvalue weighted by Crippen LogP contribution is 2.56. The van der Waals surface area contributed by atoms with Crippen LogP contribution >= 0.6 is 0 Å². The van der Waals surface area contributed by atoms with Crippen molar-refractivity contribution in [2.45, 2.75) is 18.9 Å². The predicted octanol–water partition coefficient (Wildman–Crippen LogP) is 3.45. The Kier molecular flexibility index (Phi) is 5.25. The second-order valence-electron chi connectivity index (χ2n) is 7.97. The first-order chi connectivity index (χ1) is 15.6. The van der Waals surface area contributed by atoms with Crippen molar-refractivity contribution in [1.29, 1.82) is 0 Å². The molecule has 1 fully saturated rings. The van der Waals surface area contributed by atoms with Crippen LogP contribution in [0.25, 0.3) is 0 Å². The zero-order chi connectivity index (χ0) is 22.4. The van der Waals surface area contributed by atoms with Crippen LogP contribution in [0.5, 0.6) is 28.7 Å². The Morgan fingerprint density at radius 2 is 1.56 bits per heavy atom. The lowest BCUT2D eigenvalue weighted by atomic mass is 9.66. The largest absolute Gasteiger partial charge is 0.493 e. The van der Waals surface area contributed by atoms with Crippen LogP contribution in [0.1, 0.15) is 35.6 Å². The van der Waals surface area contributed by atoms with Gasteiger partial charge in [0.05, 0.1) is 40.0 Å². The first-order valence-electron chi connectivity index (χ1n) is 10.6. The van der Waals surface area contributed by atoms with Crippen LogP contribution in [-0.4, -0.2) is 47.3 Å². The number of carbonyl (C=O) groups excluding carboxylic acids is 1. The van der Waals surface area contributed by atoms with Gasteiger partial charge in [-0.2, -0.15) is 0 Å². The lowest BCUT2D eigenvalue weighted by Gasteiger charge is -2.39. The van der Waals surface area contributed by atoms with Crippen molar-refractivity contribution in [2.75, 3.05) is 41.3 Å². The smallest absolute Gasteiger partial charge is 0.310 e. The minimum atomic E-state index is -0.415. The summed E-state index contributed by atoms with van der Waals surface area (Å²) in [6.45, 7) is 2.94. The van der Waals surface area contributed by atoms with Crippen LogP contribution < -0.4 is 23.7 Å². The first kappa shape index (κ1) is 20.8. The van der Waals surface area contributed by atoms with Crippen LogP contribution in [0.3, 0.4) is 0 Å². The summed E-state index contributed by atoms with van der Waals surface area (Å²) in [5.41, 5.74) is 2.79. The van der Waals surface area contributed by atoms with E-state index >= 15 is 0 Å². The van der Waals surface area contributed by atoms with Gasteiger partial charge in [-0.3, -0.25) is 4.79 Å². The average molecular weight is 442 g/mol. The van der Waals surface area contributed by atoms with Gasteiger partial charge >= 0.3 is 5.97 Å². The molecular formula is C24H26O8. The Labute approximate surface area is 186 Å². The third-order valence-corrected chi connectivity index (χ3v) is 6.51. The molecule has 0 spiro atoms. The highest BCUT2D eigenvalue weighted by molar-refractivity contribution is 5.79. The summed E-state index contributed by atoms with van der Waals surface area (Å²) in [5.74, 6) is 1.81. The van der Waals surface area contributed by atoms with E-state index in [1.807, 2.05) is 31.2 Å². The van der Waals surface area contributed by atoms with E-state index in [1.165, 1.54) is 0 Å². The zero-order valence-electron chi connectivity index (χ0n) is 18.5. The molecule has 0 N–H and O–H groups in total. The average Bonchev–Trinajstić information content (AvgIpc) is 3.43. The predicted molar refractivity (Wildman–Crippen MR) is 113 cm³/mol. The van der Waals surface area contributed by atoms with E-state index < -0.39 is 5.92 Å². The molecule has 0 radical (unpaired) electrons. The van der Waals surface area contributed by atoms with Gasteiger partial charge in [0.2, 0.25) is 12.5 Å². The van der Waals surface area contributed by atoms with Gasteiger partial charge in [0.25, 0.3) is 0 Å². The summed E-state index contributed by atoms with van der Waals surface area (Å²) >= 11 is 0. The van der Waals surface area contributed by atoms with Crippen LogP contribution in [-0.2, 0) is 14.3 Å². The van der Waals surface area contributed by atoms with Gasteiger partial charge < -0.3 is 33.2 Å². The number of fused-ring (bicyclic) bond motifs is 3. The van der Waals surface area contributed by atoms with Gasteiger partial charge in [-0.1, -0.05) is 0 Å². The standard InChI is InChI=1S/C24H26O8/c1-5-29-22-14-9-17-16(31-11-32-17)8-13(14)20(21-15(22)10-30-24(21)25)12-6-18(26-2)23(28-4)19(7-12)27-3/h6-9,15,20-22H,5,10-11H2,1-4H3/t15-,20+,21+,22-/m0/s1. The quantitative estimate of drug-likeness (QED) is 0.630. The van der Waals surface area contributed by atoms with Crippen molar-refractivity contribution in [2.24, 2.45) is 11.8 Å². The molecule has 2 aromatic carbocycles. The molecule has 32 heavy (non-hydrogen) atoms. The molecule has 0 amide bonds. The van der Waals surface area contributed by atoms with Gasteiger partial charge in [-0.05, 0) is 47.9 Å². The van der Waals surface area contributed by atoms with Gasteiger partial charge in [0.15, 0.2) is 23.0 Å². The van der Waals surface area contributed by atoms with Crippen LogP contribution in [0.2, 0.25) is 0 Å². The molecule has 2 heterocycles. The zero-order valence-corrected chi connectivity index (χ0v) is 18.5. The minimum Gasteiger partial charge on any atom is -0.493 e. The van der Waals surface area contributed by atoms with E-state index in [9.17, 15) is 4.79 Å².